The number of hydrogen-bond donors (Lipinski definition) is 2. The molecule has 0 amide bonds. The van der Waals surface area contributed by atoms with Crippen LogP contribution >= 0.6 is 0 Å². The Kier molecular flexibility index (Phi) is 3.55. The fourth-order valence-corrected chi connectivity index (χ4v) is 0.925. The van der Waals surface area contributed by atoms with Crippen molar-refractivity contribution in [3.05, 3.63) is 44.9 Å². The Hall–Kier alpha value is -2.71. The maximum Gasteiger partial charge on any atom is 0.366 e. The molecule has 1 aromatic carbocycles. The van der Waals surface area contributed by atoms with Gasteiger partial charge in [-0.2, -0.15) is 0 Å². The van der Waals surface area contributed by atoms with Gasteiger partial charge in [0.1, 0.15) is 5.82 Å². The minimum atomic E-state index is -0.761. The molecule has 9 heteroatoms. The number of nitrogens with two attached hydrogens (primary N) is 2. The number of rotatable bonds is 3. The van der Waals surface area contributed by atoms with Gasteiger partial charge in [0.25, 0.3) is 5.69 Å². The van der Waals surface area contributed by atoms with Gasteiger partial charge in [0.15, 0.2) is 0 Å². The molecule has 1 rings (SSSR count). The summed E-state index contributed by atoms with van der Waals surface area (Å²) in [5, 5.41) is 24.4. The quantitative estimate of drug-likeness (QED) is 0.189. The van der Waals surface area contributed by atoms with Gasteiger partial charge in [-0.05, 0) is 6.07 Å². The lowest BCUT2D eigenvalue weighted by Crippen LogP contribution is -2.30. The fourth-order valence-electron chi connectivity index (χ4n) is 0.925. The number of nitrogens with zero attached hydrogens (tertiary/aromatic N) is 3. The number of nitro groups is 1. The first kappa shape index (κ1) is 12.4. The predicted octanol–water partition coefficient (Wildman–Crippen LogP) is -0.148. The van der Waals surface area contributed by atoms with Crippen molar-refractivity contribution in [1.82, 2.24) is 0 Å². The first-order chi connectivity index (χ1) is 7.91. The van der Waals surface area contributed by atoms with E-state index < -0.39 is 16.7 Å². The molecule has 90 valence electrons. The van der Waals surface area contributed by atoms with Gasteiger partial charge >= 0.3 is 5.96 Å². The molecule has 17 heavy (non-hydrogen) atoms. The van der Waals surface area contributed by atoms with Gasteiger partial charge < -0.3 is 5.21 Å². The number of halogens is 1. The van der Waals surface area contributed by atoms with E-state index >= 15 is 0 Å². The van der Waals surface area contributed by atoms with Crippen molar-refractivity contribution in [1.29, 1.82) is 0 Å². The molecule has 0 saturated heterocycles. The summed E-state index contributed by atoms with van der Waals surface area (Å²) in [6.45, 7) is 0. The van der Waals surface area contributed by atoms with Gasteiger partial charge in [0.2, 0.25) is 0 Å². The molecular weight excluding hydrogens is 233 g/mol. The lowest BCUT2D eigenvalue weighted by atomic mass is 10.2. The van der Waals surface area contributed by atoms with Crippen LogP contribution in [0.3, 0.4) is 0 Å². The molecule has 0 saturated carbocycles. The maximum absolute atomic E-state index is 13.2. The van der Waals surface area contributed by atoms with Gasteiger partial charge in [-0.1, -0.05) is 0 Å². The molecule has 0 heterocycles. The first-order valence-electron chi connectivity index (χ1n) is 4.25. The fraction of sp³-hybridized carbons (Fsp3) is 0. The second-order valence-electron chi connectivity index (χ2n) is 2.91. The zero-order valence-corrected chi connectivity index (χ0v) is 8.41. The summed E-state index contributed by atoms with van der Waals surface area (Å²) in [5.74, 6) is -1.39. The molecule has 0 aliphatic heterocycles. The number of guanidine groups is 1. The summed E-state index contributed by atoms with van der Waals surface area (Å²) in [5.41, 5.74) is 9.27. The van der Waals surface area contributed by atoms with Crippen molar-refractivity contribution in [3.63, 3.8) is 0 Å². The summed E-state index contributed by atoms with van der Waals surface area (Å²) >= 11 is 0. The summed E-state index contributed by atoms with van der Waals surface area (Å²) in [6.07, 6.45) is 0.787. The highest BCUT2D eigenvalue weighted by atomic mass is 19.1. The summed E-state index contributed by atoms with van der Waals surface area (Å²) in [6, 6.07) is 2.81. The van der Waals surface area contributed by atoms with Gasteiger partial charge in [-0.25, -0.2) is 4.39 Å². The van der Waals surface area contributed by atoms with Crippen LogP contribution in [0, 0.1) is 21.1 Å². The van der Waals surface area contributed by atoms with Gasteiger partial charge in [-0.3, -0.25) is 21.6 Å². The van der Waals surface area contributed by atoms with Crippen molar-refractivity contribution in [2.24, 2.45) is 16.6 Å². The van der Waals surface area contributed by atoms with Crippen LogP contribution in [0.1, 0.15) is 5.56 Å². The van der Waals surface area contributed by atoms with Crippen LogP contribution in [0.15, 0.2) is 23.3 Å². The Morgan fingerprint density at radius 3 is 2.59 bits per heavy atom. The van der Waals surface area contributed by atoms with Crippen LogP contribution in [-0.4, -0.2) is 21.9 Å². The number of benzene rings is 1. The van der Waals surface area contributed by atoms with E-state index in [1.807, 2.05) is 0 Å². The lowest BCUT2D eigenvalue weighted by Gasteiger charge is -2.02. The Bertz CT molecular complexity index is 510. The van der Waals surface area contributed by atoms with E-state index in [9.17, 15) is 19.7 Å². The van der Waals surface area contributed by atoms with Crippen LogP contribution in [0.5, 0.6) is 0 Å². The van der Waals surface area contributed by atoms with Gasteiger partial charge in [-0.15, -0.1) is 9.95 Å². The normalized spacial score (nSPS) is 10.4. The lowest BCUT2D eigenvalue weighted by molar-refractivity contribution is -0.463. The smallest absolute Gasteiger partial charge is 0.366 e. The summed E-state index contributed by atoms with van der Waals surface area (Å²) in [7, 11) is 0. The number of non-ortho nitro benzene ring substituents is 1. The van der Waals surface area contributed by atoms with Crippen LogP contribution in [-0.2, 0) is 0 Å². The molecule has 8 nitrogen and oxygen atoms in total. The van der Waals surface area contributed by atoms with Crippen molar-refractivity contribution < 1.29 is 14.2 Å². The SMILES string of the molecule is NC(N)=[N+]([O-])/N=C/c1cc([N+](=O)[O-])ccc1F. The topological polar surface area (TPSA) is 134 Å². The molecule has 0 bridgehead atoms. The Morgan fingerprint density at radius 1 is 1.41 bits per heavy atom. The molecule has 0 radical (unpaired) electrons. The minimum absolute atomic E-state index is 0.141. The molecule has 0 aliphatic rings. The van der Waals surface area contributed by atoms with Crippen LogP contribution in [0.25, 0.3) is 0 Å². The highest BCUT2D eigenvalue weighted by Crippen LogP contribution is 2.15. The third-order valence-electron chi connectivity index (χ3n) is 1.71. The molecule has 0 fully saturated rings. The van der Waals surface area contributed by atoms with Crippen molar-refractivity contribution >= 4 is 17.9 Å². The summed E-state index contributed by atoms with van der Waals surface area (Å²) in [4.78, 5) is 9.59. The molecule has 4 N–H and O–H groups in total. The second kappa shape index (κ2) is 4.88. The monoisotopic (exact) mass is 241 g/mol. The average Bonchev–Trinajstić information content (AvgIpc) is 2.26. The number of nitro benzene ring substituents is 1. The molecule has 1 aromatic rings. The second-order valence-corrected chi connectivity index (χ2v) is 2.91. The molecular formula is C8H8FN5O3. The third-order valence-corrected chi connectivity index (χ3v) is 1.71. The maximum atomic E-state index is 13.2. The molecule has 0 aromatic heterocycles. The van der Waals surface area contributed by atoms with Crippen molar-refractivity contribution in [3.8, 4) is 0 Å². The minimum Gasteiger partial charge on any atom is -0.722 e. The van der Waals surface area contributed by atoms with E-state index in [2.05, 4.69) is 5.10 Å². The standard InChI is InChI=1S/C8H8FN5O3/c9-7-2-1-6(14(16)17)3-5(7)4-12-13(15)8(10)11/h1-4H,10-11H2/b12-4+. The zero-order valence-electron chi connectivity index (χ0n) is 8.41. The molecule has 0 atom stereocenters. The highest BCUT2D eigenvalue weighted by Gasteiger charge is 2.09. The predicted molar refractivity (Wildman–Crippen MR) is 57.7 cm³/mol. The highest BCUT2D eigenvalue weighted by molar-refractivity contribution is 5.81. The number of hydrazone groups is 1. The van der Waals surface area contributed by atoms with E-state index in [1.165, 1.54) is 0 Å². The number of hydrogen-bond acceptors (Lipinski definition) is 4. The van der Waals surface area contributed by atoms with E-state index in [4.69, 9.17) is 11.5 Å². The van der Waals surface area contributed by atoms with Gasteiger partial charge in [0, 0.05) is 17.7 Å². The Labute approximate surface area is 94.4 Å². The Balaban J connectivity index is 3.10. The van der Waals surface area contributed by atoms with Crippen LogP contribution < -0.4 is 11.5 Å². The third kappa shape index (κ3) is 3.12. The van der Waals surface area contributed by atoms with E-state index in [-0.39, 0.29) is 16.1 Å². The average molecular weight is 241 g/mol. The van der Waals surface area contributed by atoms with E-state index in [0.717, 1.165) is 24.4 Å². The zero-order chi connectivity index (χ0) is 13.0. The first-order valence-corrected chi connectivity index (χ1v) is 4.25. The van der Waals surface area contributed by atoms with Crippen molar-refractivity contribution in [2.75, 3.05) is 0 Å². The Morgan fingerprint density at radius 2 is 2.06 bits per heavy atom. The molecule has 0 unspecified atom stereocenters. The molecule has 0 aliphatic carbocycles. The van der Waals surface area contributed by atoms with E-state index in [1.54, 1.807) is 0 Å². The van der Waals surface area contributed by atoms with Gasteiger partial charge in [0.05, 0.1) is 11.1 Å². The molecule has 0 spiro atoms. The van der Waals surface area contributed by atoms with Crippen molar-refractivity contribution in [2.45, 2.75) is 0 Å². The summed E-state index contributed by atoms with van der Waals surface area (Å²) < 4.78 is 13.2. The van der Waals surface area contributed by atoms with E-state index in [0.29, 0.717) is 0 Å². The largest absolute Gasteiger partial charge is 0.722 e. The van der Waals surface area contributed by atoms with Crippen LogP contribution in [0.4, 0.5) is 10.1 Å². The van der Waals surface area contributed by atoms with Crippen LogP contribution in [0.2, 0.25) is 0 Å².